The molecule has 3 N–H and O–H groups in total. The molecule has 1 saturated heterocycles. The molecule has 0 aromatic heterocycles. The minimum absolute atomic E-state index is 0.0692. The second-order valence-electron chi connectivity index (χ2n) is 9.46. The van der Waals surface area contributed by atoms with Gasteiger partial charge in [0, 0.05) is 17.7 Å². The summed E-state index contributed by atoms with van der Waals surface area (Å²) in [5.41, 5.74) is 3.70. The highest BCUT2D eigenvalue weighted by atomic mass is 19.4. The molecule has 1 saturated carbocycles. The maximum Gasteiger partial charge on any atom is 0.417 e. The van der Waals surface area contributed by atoms with Crippen molar-refractivity contribution in [2.24, 2.45) is 11.8 Å². The number of hydrogen-bond acceptors (Lipinski definition) is 4. The normalized spacial score (nSPS) is 20.2. The highest BCUT2D eigenvalue weighted by molar-refractivity contribution is 5.97. The average molecular weight is 512 g/mol. The van der Waals surface area contributed by atoms with Crippen molar-refractivity contribution in [1.82, 2.24) is 15.7 Å². The fourth-order valence-corrected chi connectivity index (χ4v) is 4.52. The number of hydrogen-bond donors (Lipinski definition) is 3. The number of hydroxylamine groups is 1. The Balaban J connectivity index is 1.28. The van der Waals surface area contributed by atoms with E-state index in [2.05, 4.69) is 28.9 Å². The topological polar surface area (TPSA) is 81.7 Å². The predicted molar refractivity (Wildman–Crippen MR) is 132 cm³/mol. The van der Waals surface area contributed by atoms with E-state index in [0.717, 1.165) is 29.4 Å². The predicted octanol–water partition coefficient (Wildman–Crippen LogP) is 4.15. The van der Waals surface area contributed by atoms with Crippen LogP contribution in [-0.2, 0) is 11.3 Å². The van der Waals surface area contributed by atoms with E-state index >= 15 is 0 Å². The minimum Gasteiger partial charge on any atom is -0.333 e. The second kappa shape index (κ2) is 11.6. The third-order valence-corrected chi connectivity index (χ3v) is 6.79. The van der Waals surface area contributed by atoms with Gasteiger partial charge < -0.3 is 5.32 Å². The van der Waals surface area contributed by atoms with Gasteiger partial charge in [-0.2, -0.15) is 13.2 Å². The molecule has 9 heteroatoms. The molecule has 4 rings (SSSR count). The molecule has 1 heterocycles. The van der Waals surface area contributed by atoms with E-state index < -0.39 is 24.0 Å². The Bertz CT molecular complexity index is 1190. The first-order valence-corrected chi connectivity index (χ1v) is 12.1. The number of nitrogens with one attached hydrogen (secondary N) is 2. The lowest BCUT2D eigenvalue weighted by Crippen LogP contribution is -2.54. The summed E-state index contributed by atoms with van der Waals surface area (Å²) in [6, 6.07) is 11.1. The van der Waals surface area contributed by atoms with Crippen molar-refractivity contribution in [3.05, 3.63) is 76.9 Å². The van der Waals surface area contributed by atoms with Crippen LogP contribution in [0.25, 0.3) is 6.08 Å². The minimum atomic E-state index is -5.06. The maximum absolute atomic E-state index is 12.9. The van der Waals surface area contributed by atoms with E-state index in [0.29, 0.717) is 5.56 Å². The van der Waals surface area contributed by atoms with Crippen molar-refractivity contribution in [2.75, 3.05) is 13.1 Å². The van der Waals surface area contributed by atoms with Crippen LogP contribution in [0, 0.1) is 23.7 Å². The number of fused-ring (bicyclic) bond motifs is 1. The molecular weight excluding hydrogens is 483 g/mol. The largest absolute Gasteiger partial charge is 0.417 e. The lowest BCUT2D eigenvalue weighted by molar-refractivity contribution is -0.172. The van der Waals surface area contributed by atoms with E-state index in [1.807, 2.05) is 12.1 Å². The van der Waals surface area contributed by atoms with Gasteiger partial charge in [0.05, 0.1) is 0 Å². The zero-order valence-electron chi connectivity index (χ0n) is 20.1. The van der Waals surface area contributed by atoms with Crippen molar-refractivity contribution in [1.29, 1.82) is 0 Å². The zero-order valence-corrected chi connectivity index (χ0v) is 20.1. The molecule has 2 aliphatic rings. The molecule has 2 amide bonds. The van der Waals surface area contributed by atoms with Crippen LogP contribution in [0.5, 0.6) is 0 Å². The quantitative estimate of drug-likeness (QED) is 0.309. The van der Waals surface area contributed by atoms with Gasteiger partial charge in [-0.3, -0.25) is 19.7 Å². The van der Waals surface area contributed by atoms with Crippen molar-refractivity contribution in [3.8, 4) is 11.8 Å². The monoisotopic (exact) mass is 511 g/mol. The van der Waals surface area contributed by atoms with Gasteiger partial charge in [0.15, 0.2) is 0 Å². The molecule has 2 aromatic carbocycles. The first kappa shape index (κ1) is 26.5. The van der Waals surface area contributed by atoms with Gasteiger partial charge in [-0.25, -0.2) is 5.48 Å². The van der Waals surface area contributed by atoms with E-state index in [1.54, 1.807) is 29.6 Å². The number of likely N-dealkylation sites (tertiary alicyclic amines) is 1. The van der Waals surface area contributed by atoms with Crippen LogP contribution in [0.2, 0.25) is 0 Å². The third kappa shape index (κ3) is 7.44. The summed E-state index contributed by atoms with van der Waals surface area (Å²) in [5, 5.41) is 10.1. The Morgan fingerprint density at radius 3 is 2.30 bits per heavy atom. The first-order chi connectivity index (χ1) is 17.7. The number of halogens is 3. The molecule has 2 aromatic rings. The van der Waals surface area contributed by atoms with Crippen LogP contribution in [0.4, 0.5) is 13.2 Å². The lowest BCUT2D eigenvalue weighted by Gasteiger charge is -2.20. The number of rotatable bonds is 6. The van der Waals surface area contributed by atoms with Crippen LogP contribution in [0.15, 0.2) is 54.6 Å². The van der Waals surface area contributed by atoms with Gasteiger partial charge in [-0.1, -0.05) is 36.1 Å². The summed E-state index contributed by atoms with van der Waals surface area (Å²) in [5.74, 6) is 5.08. The van der Waals surface area contributed by atoms with Gasteiger partial charge in [0.1, 0.15) is 0 Å². The summed E-state index contributed by atoms with van der Waals surface area (Å²) < 4.78 is 38.8. The van der Waals surface area contributed by atoms with E-state index in [1.165, 1.54) is 50.0 Å². The van der Waals surface area contributed by atoms with E-state index in [4.69, 9.17) is 5.21 Å². The van der Waals surface area contributed by atoms with Gasteiger partial charge in [0.2, 0.25) is 6.04 Å². The molecule has 0 bridgehead atoms. The molecule has 194 valence electrons. The Morgan fingerprint density at radius 1 is 1.05 bits per heavy atom. The number of nitrogens with zero attached hydrogens (tertiary/aromatic N) is 1. The molecular formula is C28H28F3N3O3. The molecule has 3 atom stereocenters. The van der Waals surface area contributed by atoms with Crippen LogP contribution < -0.4 is 10.8 Å². The van der Waals surface area contributed by atoms with E-state index in [-0.39, 0.29) is 5.56 Å². The van der Waals surface area contributed by atoms with Crippen LogP contribution in [0.3, 0.4) is 0 Å². The summed E-state index contributed by atoms with van der Waals surface area (Å²) in [7, 11) is 0. The third-order valence-electron chi connectivity index (χ3n) is 6.79. The van der Waals surface area contributed by atoms with Gasteiger partial charge >= 0.3 is 6.18 Å². The number of amides is 2. The first-order valence-electron chi connectivity index (χ1n) is 12.1. The molecule has 1 aliphatic carbocycles. The standard InChI is InChI=1S/C28H28F3N3O3/c29-28(30,31)25(27(36)33-37)32-26(35)22-11-9-20(10-12-22)4-2-1-3-19-5-7-21(8-6-19)18-34-15-13-23-17-24(23)14-16-34/h2,4-12,23-25,37H,13-18H2,(H,32,35)(H,33,36)/b4-2+. The fourth-order valence-electron chi connectivity index (χ4n) is 4.52. The maximum atomic E-state index is 12.9. The van der Waals surface area contributed by atoms with Crippen LogP contribution >= 0.6 is 0 Å². The number of benzene rings is 2. The van der Waals surface area contributed by atoms with Crippen LogP contribution in [0.1, 0.15) is 46.3 Å². The highest BCUT2D eigenvalue weighted by Gasteiger charge is 2.46. The number of allylic oxidation sites excluding steroid dienone is 1. The summed E-state index contributed by atoms with van der Waals surface area (Å²) >= 11 is 0. The SMILES string of the molecule is O=C(NC(C(=O)NO)C(F)(F)F)c1ccc(/C=C/C#Cc2ccc(CN3CCC4CC4CC3)cc2)cc1. The smallest absolute Gasteiger partial charge is 0.333 e. The molecule has 1 aliphatic heterocycles. The van der Waals surface area contributed by atoms with E-state index in [9.17, 15) is 22.8 Å². The summed E-state index contributed by atoms with van der Waals surface area (Å²) in [6.45, 7) is 3.31. The van der Waals surface area contributed by atoms with Crippen LogP contribution in [-0.4, -0.2) is 47.2 Å². The Morgan fingerprint density at radius 2 is 1.70 bits per heavy atom. The Kier molecular flexibility index (Phi) is 8.31. The van der Waals surface area contributed by atoms with Gasteiger partial charge in [0.25, 0.3) is 11.8 Å². The summed E-state index contributed by atoms with van der Waals surface area (Å²) in [6.07, 6.45) is 2.37. The summed E-state index contributed by atoms with van der Waals surface area (Å²) in [4.78, 5) is 25.9. The van der Waals surface area contributed by atoms with Crippen molar-refractivity contribution >= 4 is 17.9 Å². The Hall–Kier alpha value is -3.61. The highest BCUT2D eigenvalue weighted by Crippen LogP contribution is 2.45. The number of alkyl halides is 3. The lowest BCUT2D eigenvalue weighted by atomic mass is 10.1. The molecule has 37 heavy (non-hydrogen) atoms. The molecule has 0 spiro atoms. The van der Waals surface area contributed by atoms with Gasteiger partial charge in [-0.05, 0) is 91.7 Å². The van der Waals surface area contributed by atoms with Crippen molar-refractivity contribution in [3.63, 3.8) is 0 Å². The zero-order chi connectivity index (χ0) is 26.4. The number of carbonyl (C=O) groups is 2. The van der Waals surface area contributed by atoms with Gasteiger partial charge in [-0.15, -0.1) is 0 Å². The number of carbonyl (C=O) groups excluding carboxylic acids is 2. The second-order valence-corrected chi connectivity index (χ2v) is 9.46. The Labute approximate surface area is 213 Å². The van der Waals surface area contributed by atoms with Crippen molar-refractivity contribution < 1.29 is 28.0 Å². The fraction of sp³-hybridized carbons (Fsp3) is 0.357. The molecule has 3 unspecified atom stereocenters. The molecule has 2 fully saturated rings. The molecule has 6 nitrogen and oxygen atoms in total. The average Bonchev–Trinajstić information content (AvgIpc) is 3.66. The molecule has 0 radical (unpaired) electrons. The van der Waals surface area contributed by atoms with Crippen molar-refractivity contribution in [2.45, 2.75) is 38.0 Å².